The highest BCUT2D eigenvalue weighted by atomic mass is 79.9. The topological polar surface area (TPSA) is 47.2 Å². The Morgan fingerprint density at radius 3 is 2.35 bits per heavy atom. The summed E-state index contributed by atoms with van der Waals surface area (Å²) >= 11 is 3.46. The first-order chi connectivity index (χ1) is 12.7. The van der Waals surface area contributed by atoms with Gasteiger partial charge in [-0.3, -0.25) is 4.79 Å². The fourth-order valence-electron chi connectivity index (χ4n) is 3.20. The Balaban J connectivity index is 1.34. The average Bonchev–Trinajstić information content (AvgIpc) is 2.66. The highest BCUT2D eigenvalue weighted by molar-refractivity contribution is 9.10. The van der Waals surface area contributed by atoms with E-state index >= 15 is 0 Å². The summed E-state index contributed by atoms with van der Waals surface area (Å²) < 4.78 is 6.69. The Morgan fingerprint density at radius 2 is 1.62 bits per heavy atom. The van der Waals surface area contributed by atoms with Crippen LogP contribution in [-0.2, 0) is 4.79 Å². The molecule has 1 saturated heterocycles. The molecule has 0 bridgehead atoms. The zero-order valence-corrected chi connectivity index (χ0v) is 16.4. The number of anilines is 1. The zero-order chi connectivity index (χ0) is 18.2. The summed E-state index contributed by atoms with van der Waals surface area (Å²) in [6.45, 7) is 6.46. The molecule has 1 fully saturated rings. The fourth-order valence-corrected chi connectivity index (χ4v) is 3.58. The van der Waals surface area contributed by atoms with Crippen LogP contribution >= 0.6 is 15.9 Å². The summed E-state index contributed by atoms with van der Waals surface area (Å²) in [4.78, 5) is 15.2. The number of para-hydroxylation sites is 2. The lowest BCUT2D eigenvalue weighted by Gasteiger charge is -2.29. The number of piperazine rings is 1. The number of carbonyl (C=O) groups is 1. The predicted molar refractivity (Wildman–Crippen MR) is 106 cm³/mol. The molecule has 1 aliphatic heterocycles. The minimum absolute atomic E-state index is 0.0720. The fraction of sp³-hybridized carbons (Fsp3) is 0.350. The van der Waals surface area contributed by atoms with Gasteiger partial charge >= 0.3 is 0 Å². The van der Waals surface area contributed by atoms with Gasteiger partial charge in [-0.05, 0) is 40.2 Å². The first-order valence-electron chi connectivity index (χ1n) is 9.10. The molecule has 2 aromatic carbocycles. The number of quaternary nitrogens is 2. The van der Waals surface area contributed by atoms with Gasteiger partial charge in [0.2, 0.25) is 0 Å². The summed E-state index contributed by atoms with van der Waals surface area (Å²) in [5, 5.41) is 2.99. The number of nitrogens with one attached hydrogen (secondary N) is 3. The molecule has 2 aromatic rings. The Bertz CT molecular complexity index is 703. The largest absolute Gasteiger partial charge is 0.488 e. The van der Waals surface area contributed by atoms with Gasteiger partial charge in [0, 0.05) is 4.47 Å². The van der Waals surface area contributed by atoms with Gasteiger partial charge < -0.3 is 19.9 Å². The molecule has 0 aliphatic carbocycles. The summed E-state index contributed by atoms with van der Waals surface area (Å²) in [5.41, 5.74) is 0.833. The molecule has 0 atom stereocenters. The molecular weight excluding hydrogens is 394 g/mol. The maximum atomic E-state index is 12.3. The first kappa shape index (κ1) is 18.9. The van der Waals surface area contributed by atoms with Crippen molar-refractivity contribution in [1.29, 1.82) is 0 Å². The molecule has 6 heteroatoms. The van der Waals surface area contributed by atoms with Crippen molar-refractivity contribution in [2.75, 3.05) is 51.2 Å². The second-order valence-corrected chi connectivity index (χ2v) is 7.47. The van der Waals surface area contributed by atoms with E-state index in [0.717, 1.165) is 55.2 Å². The van der Waals surface area contributed by atoms with Crippen LogP contribution in [0.5, 0.6) is 5.75 Å². The van der Waals surface area contributed by atoms with Gasteiger partial charge in [-0.15, -0.1) is 0 Å². The minimum Gasteiger partial charge on any atom is -0.488 e. The molecule has 0 aromatic heterocycles. The van der Waals surface area contributed by atoms with E-state index in [9.17, 15) is 4.79 Å². The number of hydrogen-bond acceptors (Lipinski definition) is 2. The zero-order valence-electron chi connectivity index (χ0n) is 14.8. The van der Waals surface area contributed by atoms with Gasteiger partial charge in [0.1, 0.15) is 45.1 Å². The molecule has 1 heterocycles. The maximum Gasteiger partial charge on any atom is 0.279 e. The third kappa shape index (κ3) is 5.83. The van der Waals surface area contributed by atoms with Crippen molar-refractivity contribution in [3.63, 3.8) is 0 Å². The number of carbonyl (C=O) groups excluding carboxylic acids is 1. The van der Waals surface area contributed by atoms with Crippen molar-refractivity contribution in [2.45, 2.75) is 0 Å². The second-order valence-electron chi connectivity index (χ2n) is 6.62. The van der Waals surface area contributed by atoms with Crippen molar-refractivity contribution in [3.05, 3.63) is 59.1 Å². The lowest BCUT2D eigenvalue weighted by atomic mass is 10.3. The molecule has 0 spiro atoms. The minimum atomic E-state index is 0.0720. The molecule has 26 heavy (non-hydrogen) atoms. The van der Waals surface area contributed by atoms with Crippen LogP contribution < -0.4 is 19.9 Å². The highest BCUT2D eigenvalue weighted by Gasteiger charge is 2.24. The van der Waals surface area contributed by atoms with Crippen LogP contribution in [0.2, 0.25) is 0 Å². The van der Waals surface area contributed by atoms with Crippen LogP contribution in [0, 0.1) is 0 Å². The number of benzene rings is 2. The van der Waals surface area contributed by atoms with E-state index in [2.05, 4.69) is 21.2 Å². The summed E-state index contributed by atoms with van der Waals surface area (Å²) in [6.07, 6.45) is 0. The van der Waals surface area contributed by atoms with E-state index in [4.69, 9.17) is 4.74 Å². The van der Waals surface area contributed by atoms with Gasteiger partial charge in [0.05, 0.1) is 5.69 Å². The molecule has 138 valence electrons. The van der Waals surface area contributed by atoms with Crippen LogP contribution in [0.15, 0.2) is 59.1 Å². The molecule has 0 unspecified atom stereocenters. The number of amides is 1. The normalized spacial score (nSPS) is 19.7. The molecule has 1 aliphatic rings. The monoisotopic (exact) mass is 419 g/mol. The SMILES string of the molecule is O=C(C[NH+]1CC[NH+](CCOc2ccccc2)CC1)Nc1ccccc1Br. The van der Waals surface area contributed by atoms with E-state index in [0.29, 0.717) is 6.54 Å². The molecular formula is C20H26BrN3O2+2. The third-order valence-corrected chi connectivity index (χ3v) is 5.38. The van der Waals surface area contributed by atoms with Crippen LogP contribution in [0.25, 0.3) is 0 Å². The quantitative estimate of drug-likeness (QED) is 0.602. The highest BCUT2D eigenvalue weighted by Crippen LogP contribution is 2.20. The summed E-state index contributed by atoms with van der Waals surface area (Å²) in [7, 11) is 0. The lowest BCUT2D eigenvalue weighted by molar-refractivity contribution is -1.01. The Hall–Kier alpha value is -1.89. The first-order valence-corrected chi connectivity index (χ1v) is 9.89. The smallest absolute Gasteiger partial charge is 0.279 e. The number of halogens is 1. The third-order valence-electron chi connectivity index (χ3n) is 4.69. The van der Waals surface area contributed by atoms with E-state index in [1.165, 1.54) is 4.90 Å². The van der Waals surface area contributed by atoms with Crippen LogP contribution in [0.1, 0.15) is 0 Å². The van der Waals surface area contributed by atoms with Crippen molar-refractivity contribution in [1.82, 2.24) is 0 Å². The molecule has 3 rings (SSSR count). The van der Waals surface area contributed by atoms with Crippen LogP contribution in [-0.4, -0.2) is 51.8 Å². The number of ether oxygens (including phenoxy) is 1. The van der Waals surface area contributed by atoms with E-state index in [-0.39, 0.29) is 5.91 Å². The molecule has 1 amide bonds. The van der Waals surface area contributed by atoms with Crippen molar-refractivity contribution < 1.29 is 19.3 Å². The average molecular weight is 420 g/mol. The maximum absolute atomic E-state index is 12.3. The van der Waals surface area contributed by atoms with Gasteiger partial charge in [0.25, 0.3) is 5.91 Å². The number of hydrogen-bond donors (Lipinski definition) is 3. The standard InChI is InChI=1S/C20H24BrN3O2/c21-18-8-4-5-9-19(18)22-20(25)16-24-12-10-23(11-13-24)14-15-26-17-6-2-1-3-7-17/h1-9H,10-16H2,(H,22,25)/p+2. The Labute approximate surface area is 163 Å². The van der Waals surface area contributed by atoms with E-state index < -0.39 is 0 Å². The summed E-state index contributed by atoms with van der Waals surface area (Å²) in [6, 6.07) is 17.7. The van der Waals surface area contributed by atoms with Crippen LogP contribution in [0.3, 0.4) is 0 Å². The molecule has 3 N–H and O–H groups in total. The van der Waals surface area contributed by atoms with Gasteiger partial charge in [0.15, 0.2) is 6.54 Å². The van der Waals surface area contributed by atoms with Crippen molar-refractivity contribution >= 4 is 27.5 Å². The van der Waals surface area contributed by atoms with Gasteiger partial charge in [-0.25, -0.2) is 0 Å². The molecule has 0 radical (unpaired) electrons. The second kappa shape index (κ2) is 9.71. The van der Waals surface area contributed by atoms with Gasteiger partial charge in [-0.2, -0.15) is 0 Å². The Morgan fingerprint density at radius 1 is 0.962 bits per heavy atom. The van der Waals surface area contributed by atoms with Crippen molar-refractivity contribution in [3.8, 4) is 5.75 Å². The summed E-state index contributed by atoms with van der Waals surface area (Å²) in [5.74, 6) is 1.00. The van der Waals surface area contributed by atoms with Gasteiger partial charge in [-0.1, -0.05) is 30.3 Å². The molecule has 5 nitrogen and oxygen atoms in total. The Kier molecular flexibility index (Phi) is 7.05. The van der Waals surface area contributed by atoms with E-state index in [1.807, 2.05) is 54.6 Å². The predicted octanol–water partition coefficient (Wildman–Crippen LogP) is 0.250. The van der Waals surface area contributed by atoms with Crippen LogP contribution in [0.4, 0.5) is 5.69 Å². The molecule has 0 saturated carbocycles. The van der Waals surface area contributed by atoms with E-state index in [1.54, 1.807) is 4.90 Å². The number of rotatable bonds is 7. The van der Waals surface area contributed by atoms with Crippen molar-refractivity contribution in [2.24, 2.45) is 0 Å². The lowest BCUT2D eigenvalue weighted by Crippen LogP contribution is -3.28.